The molecule has 5 heteroatoms. The van der Waals surface area contributed by atoms with E-state index in [4.69, 9.17) is 4.74 Å². The van der Waals surface area contributed by atoms with E-state index in [9.17, 15) is 4.79 Å². The largest absolute Gasteiger partial charge is 0.373 e. The van der Waals surface area contributed by atoms with Gasteiger partial charge in [0.1, 0.15) is 0 Å². The predicted molar refractivity (Wildman–Crippen MR) is 97.4 cm³/mol. The minimum absolute atomic E-state index is 0.0985. The van der Waals surface area contributed by atoms with E-state index in [1.165, 1.54) is 5.56 Å². The Labute approximate surface area is 149 Å². The number of rotatable bonds is 6. The fraction of sp³-hybridized carbons (Fsp3) is 0.500. The minimum atomic E-state index is 0.0985. The average molecular weight is 341 g/mol. The standard InChI is InChI=1S/C20H27N3O2/c1-3-11-23-14-19(16(2)21-23)20(24)22-12-9-18(10-13-22)25-15-17-7-5-4-6-8-17/h4-8,14,18H,3,9-13,15H2,1-2H3. The summed E-state index contributed by atoms with van der Waals surface area (Å²) in [6.07, 6.45) is 4.91. The van der Waals surface area contributed by atoms with Crippen LogP contribution in [0.15, 0.2) is 36.5 Å². The van der Waals surface area contributed by atoms with Crippen LogP contribution in [0.4, 0.5) is 0 Å². The van der Waals surface area contributed by atoms with Crippen molar-refractivity contribution >= 4 is 5.91 Å². The number of piperidine rings is 1. The summed E-state index contributed by atoms with van der Waals surface area (Å²) in [5, 5.41) is 4.44. The van der Waals surface area contributed by atoms with Crippen LogP contribution in [0.1, 0.15) is 47.8 Å². The summed E-state index contributed by atoms with van der Waals surface area (Å²) in [5.74, 6) is 0.0985. The molecule has 0 atom stereocenters. The molecule has 1 aliphatic rings. The Bertz CT molecular complexity index is 688. The predicted octanol–water partition coefficient (Wildman–Crippen LogP) is 3.42. The molecule has 0 aliphatic carbocycles. The van der Waals surface area contributed by atoms with Crippen molar-refractivity contribution in [2.24, 2.45) is 0 Å². The first-order chi connectivity index (χ1) is 12.2. The van der Waals surface area contributed by atoms with Gasteiger partial charge < -0.3 is 9.64 Å². The smallest absolute Gasteiger partial charge is 0.257 e. The van der Waals surface area contributed by atoms with E-state index in [1.807, 2.05) is 40.9 Å². The highest BCUT2D eigenvalue weighted by Gasteiger charge is 2.26. The van der Waals surface area contributed by atoms with Gasteiger partial charge in [-0.3, -0.25) is 9.48 Å². The Balaban J connectivity index is 1.50. The Kier molecular flexibility index (Phi) is 5.87. The maximum absolute atomic E-state index is 12.8. The number of aromatic nitrogens is 2. The van der Waals surface area contributed by atoms with Crippen LogP contribution in [0.2, 0.25) is 0 Å². The van der Waals surface area contributed by atoms with E-state index in [2.05, 4.69) is 24.2 Å². The molecule has 0 bridgehead atoms. The Morgan fingerprint density at radius 1 is 1.24 bits per heavy atom. The molecule has 0 N–H and O–H groups in total. The molecule has 25 heavy (non-hydrogen) atoms. The quantitative estimate of drug-likeness (QED) is 0.809. The first-order valence-corrected chi connectivity index (χ1v) is 9.16. The third kappa shape index (κ3) is 4.48. The van der Waals surface area contributed by atoms with E-state index >= 15 is 0 Å². The summed E-state index contributed by atoms with van der Waals surface area (Å²) in [6.45, 7) is 7.01. The summed E-state index contributed by atoms with van der Waals surface area (Å²) in [7, 11) is 0. The third-order valence-electron chi connectivity index (χ3n) is 4.69. The van der Waals surface area contributed by atoms with Gasteiger partial charge in [0.15, 0.2) is 0 Å². The number of benzene rings is 1. The fourth-order valence-corrected chi connectivity index (χ4v) is 3.26. The van der Waals surface area contributed by atoms with Crippen molar-refractivity contribution in [3.05, 3.63) is 53.3 Å². The molecule has 1 aromatic carbocycles. The highest BCUT2D eigenvalue weighted by molar-refractivity contribution is 5.95. The highest BCUT2D eigenvalue weighted by atomic mass is 16.5. The minimum Gasteiger partial charge on any atom is -0.373 e. The molecule has 0 unspecified atom stereocenters. The summed E-state index contributed by atoms with van der Waals surface area (Å²) in [4.78, 5) is 14.7. The summed E-state index contributed by atoms with van der Waals surface area (Å²) in [5.41, 5.74) is 2.75. The van der Waals surface area contributed by atoms with Crippen molar-refractivity contribution in [2.75, 3.05) is 13.1 Å². The van der Waals surface area contributed by atoms with Gasteiger partial charge in [0.2, 0.25) is 0 Å². The van der Waals surface area contributed by atoms with Gasteiger partial charge in [-0.2, -0.15) is 5.10 Å². The Morgan fingerprint density at radius 3 is 2.64 bits per heavy atom. The number of hydrogen-bond acceptors (Lipinski definition) is 3. The molecule has 0 saturated carbocycles. The number of carbonyl (C=O) groups is 1. The van der Waals surface area contributed by atoms with Gasteiger partial charge in [-0.05, 0) is 31.7 Å². The van der Waals surface area contributed by atoms with Crippen molar-refractivity contribution in [1.29, 1.82) is 0 Å². The topological polar surface area (TPSA) is 47.4 Å². The van der Waals surface area contributed by atoms with E-state index in [-0.39, 0.29) is 12.0 Å². The molecule has 1 fully saturated rings. The van der Waals surface area contributed by atoms with Crippen LogP contribution in [0.25, 0.3) is 0 Å². The lowest BCUT2D eigenvalue weighted by Gasteiger charge is -2.32. The Hall–Kier alpha value is -2.14. The molecule has 3 rings (SSSR count). The van der Waals surface area contributed by atoms with Crippen LogP contribution >= 0.6 is 0 Å². The molecule has 1 aromatic heterocycles. The van der Waals surface area contributed by atoms with Gasteiger partial charge in [-0.25, -0.2) is 0 Å². The van der Waals surface area contributed by atoms with Gasteiger partial charge >= 0.3 is 0 Å². The summed E-state index contributed by atoms with van der Waals surface area (Å²) >= 11 is 0. The molecule has 134 valence electrons. The summed E-state index contributed by atoms with van der Waals surface area (Å²) in [6, 6.07) is 10.2. The van der Waals surface area contributed by atoms with Crippen LogP contribution in [-0.2, 0) is 17.9 Å². The van der Waals surface area contributed by atoms with Gasteiger partial charge in [0.25, 0.3) is 5.91 Å². The van der Waals surface area contributed by atoms with Crippen LogP contribution in [0.3, 0.4) is 0 Å². The van der Waals surface area contributed by atoms with Crippen molar-refractivity contribution in [3.8, 4) is 0 Å². The number of carbonyl (C=O) groups excluding carboxylic acids is 1. The normalized spacial score (nSPS) is 15.5. The monoisotopic (exact) mass is 341 g/mol. The van der Waals surface area contributed by atoms with Crippen molar-refractivity contribution in [3.63, 3.8) is 0 Å². The molecule has 1 saturated heterocycles. The van der Waals surface area contributed by atoms with Crippen LogP contribution < -0.4 is 0 Å². The van der Waals surface area contributed by atoms with E-state index in [1.54, 1.807) is 0 Å². The lowest BCUT2D eigenvalue weighted by molar-refractivity contribution is -0.000395. The van der Waals surface area contributed by atoms with Gasteiger partial charge in [-0.15, -0.1) is 0 Å². The first-order valence-electron chi connectivity index (χ1n) is 9.16. The molecule has 5 nitrogen and oxygen atoms in total. The third-order valence-corrected chi connectivity index (χ3v) is 4.69. The van der Waals surface area contributed by atoms with Crippen LogP contribution in [0.5, 0.6) is 0 Å². The van der Waals surface area contributed by atoms with E-state index in [0.29, 0.717) is 6.61 Å². The molecule has 0 spiro atoms. The zero-order chi connectivity index (χ0) is 17.6. The van der Waals surface area contributed by atoms with Gasteiger partial charge in [0.05, 0.1) is 24.0 Å². The average Bonchev–Trinajstić information content (AvgIpc) is 3.01. The zero-order valence-electron chi connectivity index (χ0n) is 15.1. The van der Waals surface area contributed by atoms with E-state index < -0.39 is 0 Å². The SMILES string of the molecule is CCCn1cc(C(=O)N2CCC(OCc3ccccc3)CC2)c(C)n1. The maximum atomic E-state index is 12.8. The number of likely N-dealkylation sites (tertiary alicyclic amines) is 1. The molecule has 2 heterocycles. The highest BCUT2D eigenvalue weighted by Crippen LogP contribution is 2.19. The first kappa shape index (κ1) is 17.7. The lowest BCUT2D eigenvalue weighted by Crippen LogP contribution is -2.41. The number of hydrogen-bond donors (Lipinski definition) is 0. The van der Waals surface area contributed by atoms with Crippen molar-refractivity contribution < 1.29 is 9.53 Å². The fourth-order valence-electron chi connectivity index (χ4n) is 3.26. The second kappa shape index (κ2) is 8.30. The van der Waals surface area contributed by atoms with E-state index in [0.717, 1.165) is 50.2 Å². The number of aryl methyl sites for hydroxylation is 2. The Morgan fingerprint density at radius 2 is 1.96 bits per heavy atom. The molecular formula is C20H27N3O2. The molecule has 1 aliphatic heterocycles. The van der Waals surface area contributed by atoms with Crippen molar-refractivity contribution in [1.82, 2.24) is 14.7 Å². The number of nitrogens with zero attached hydrogens (tertiary/aromatic N) is 3. The molecule has 1 amide bonds. The van der Waals surface area contributed by atoms with Gasteiger partial charge in [0, 0.05) is 25.8 Å². The lowest BCUT2D eigenvalue weighted by atomic mass is 10.1. The maximum Gasteiger partial charge on any atom is 0.257 e. The molecule has 0 radical (unpaired) electrons. The number of amides is 1. The number of ether oxygens (including phenoxy) is 1. The second-order valence-corrected chi connectivity index (χ2v) is 6.68. The van der Waals surface area contributed by atoms with Gasteiger partial charge in [-0.1, -0.05) is 37.3 Å². The molecular weight excluding hydrogens is 314 g/mol. The van der Waals surface area contributed by atoms with Crippen LogP contribution in [0, 0.1) is 6.92 Å². The van der Waals surface area contributed by atoms with Crippen LogP contribution in [-0.4, -0.2) is 39.8 Å². The summed E-state index contributed by atoms with van der Waals surface area (Å²) < 4.78 is 7.88. The zero-order valence-corrected chi connectivity index (χ0v) is 15.1. The molecule has 2 aromatic rings. The second-order valence-electron chi connectivity index (χ2n) is 6.68. The van der Waals surface area contributed by atoms with Crippen molar-refractivity contribution in [2.45, 2.75) is 52.4 Å².